The first-order chi connectivity index (χ1) is 6.97. The van der Waals surface area contributed by atoms with Crippen molar-refractivity contribution in [3.63, 3.8) is 0 Å². The van der Waals surface area contributed by atoms with Crippen molar-refractivity contribution in [1.29, 1.82) is 0 Å². The van der Waals surface area contributed by atoms with Gasteiger partial charge in [0.1, 0.15) is 11.3 Å². The van der Waals surface area contributed by atoms with E-state index in [1.807, 2.05) is 0 Å². The van der Waals surface area contributed by atoms with E-state index in [2.05, 4.69) is 20.7 Å². The average Bonchev–Trinajstić information content (AvgIpc) is 2.20. The molecule has 0 aliphatic rings. The van der Waals surface area contributed by atoms with Crippen LogP contribution in [0.2, 0.25) is 0 Å². The number of carbonyl (C=O) groups excluding carboxylic acids is 1. The van der Waals surface area contributed by atoms with Crippen LogP contribution in [0, 0.1) is 0 Å². The number of hydrogen-bond acceptors (Lipinski definition) is 4. The minimum Gasteiger partial charge on any atom is -0.506 e. The van der Waals surface area contributed by atoms with Crippen LogP contribution in [0.3, 0.4) is 0 Å². The maximum absolute atomic E-state index is 11.1. The Morgan fingerprint density at radius 2 is 2.00 bits per heavy atom. The summed E-state index contributed by atoms with van der Waals surface area (Å²) in [7, 11) is 1.18. The van der Waals surface area contributed by atoms with E-state index < -0.39 is 17.7 Å². The first-order valence-electron chi connectivity index (χ1n) is 3.81. The van der Waals surface area contributed by atoms with E-state index in [-0.39, 0.29) is 15.6 Å². The summed E-state index contributed by atoms with van der Waals surface area (Å²) in [5, 5.41) is 18.1. The lowest BCUT2D eigenvalue weighted by Gasteiger charge is -2.05. The highest BCUT2D eigenvalue weighted by atomic mass is 79.9. The normalized spacial score (nSPS) is 9.73. The third kappa shape index (κ3) is 2.27. The van der Waals surface area contributed by atoms with Gasteiger partial charge in [0.2, 0.25) is 0 Å². The molecule has 15 heavy (non-hydrogen) atoms. The van der Waals surface area contributed by atoms with E-state index in [0.717, 1.165) is 6.07 Å². The fourth-order valence-corrected chi connectivity index (χ4v) is 1.46. The number of phenols is 1. The second-order valence-corrected chi connectivity index (χ2v) is 3.51. The molecule has 0 aliphatic heterocycles. The molecule has 0 spiro atoms. The summed E-state index contributed by atoms with van der Waals surface area (Å²) in [6, 6.07) is 2.34. The predicted octanol–water partition coefficient (Wildman–Crippen LogP) is 1.64. The lowest BCUT2D eigenvalue weighted by molar-refractivity contribution is 0.0600. The number of carboxylic acid groups (broad SMARTS) is 1. The van der Waals surface area contributed by atoms with Crippen LogP contribution in [0.15, 0.2) is 16.6 Å². The van der Waals surface area contributed by atoms with Crippen molar-refractivity contribution in [2.75, 3.05) is 7.11 Å². The molecule has 1 rings (SSSR count). The largest absolute Gasteiger partial charge is 0.506 e. The molecule has 0 radical (unpaired) electrons. The first-order valence-corrected chi connectivity index (χ1v) is 4.60. The van der Waals surface area contributed by atoms with Crippen molar-refractivity contribution in [3.8, 4) is 5.75 Å². The van der Waals surface area contributed by atoms with Crippen molar-refractivity contribution in [3.05, 3.63) is 27.7 Å². The number of hydrogen-bond donors (Lipinski definition) is 2. The van der Waals surface area contributed by atoms with Gasteiger partial charge in [-0.05, 0) is 28.1 Å². The number of halogens is 1. The number of benzene rings is 1. The summed E-state index contributed by atoms with van der Waals surface area (Å²) in [5.74, 6) is -2.41. The summed E-state index contributed by atoms with van der Waals surface area (Å²) in [5.41, 5.74) is -0.302. The van der Waals surface area contributed by atoms with Gasteiger partial charge in [-0.25, -0.2) is 9.59 Å². The van der Waals surface area contributed by atoms with Gasteiger partial charge in [-0.1, -0.05) is 0 Å². The molecule has 0 saturated heterocycles. The second kappa shape index (κ2) is 4.31. The van der Waals surface area contributed by atoms with Crippen LogP contribution in [0.25, 0.3) is 0 Å². The van der Waals surface area contributed by atoms with Gasteiger partial charge in [-0.15, -0.1) is 0 Å². The highest BCUT2D eigenvalue weighted by Crippen LogP contribution is 2.29. The molecular weight excluding hydrogens is 268 g/mol. The van der Waals surface area contributed by atoms with Crippen LogP contribution < -0.4 is 0 Å². The lowest BCUT2D eigenvalue weighted by atomic mass is 10.1. The molecule has 0 heterocycles. The van der Waals surface area contributed by atoms with Gasteiger partial charge >= 0.3 is 11.9 Å². The molecule has 0 unspecified atom stereocenters. The molecule has 0 aromatic heterocycles. The standard InChI is InChI=1S/C9H7BrO5/c1-15-9(14)4-2-5(8(12)13)7(11)6(10)3-4/h2-3,11H,1H3,(H,12,13). The van der Waals surface area contributed by atoms with Gasteiger partial charge in [0.05, 0.1) is 17.1 Å². The van der Waals surface area contributed by atoms with Crippen LogP contribution in [-0.4, -0.2) is 29.3 Å². The van der Waals surface area contributed by atoms with Gasteiger partial charge in [0, 0.05) is 0 Å². The number of aromatic carboxylic acids is 1. The van der Waals surface area contributed by atoms with E-state index in [9.17, 15) is 14.7 Å². The van der Waals surface area contributed by atoms with Gasteiger partial charge in [-0.3, -0.25) is 0 Å². The van der Waals surface area contributed by atoms with E-state index >= 15 is 0 Å². The number of ether oxygens (including phenoxy) is 1. The summed E-state index contributed by atoms with van der Waals surface area (Å²) in [4.78, 5) is 21.8. The fraction of sp³-hybridized carbons (Fsp3) is 0.111. The van der Waals surface area contributed by atoms with Crippen LogP contribution in [0.5, 0.6) is 5.75 Å². The lowest BCUT2D eigenvalue weighted by Crippen LogP contribution is -2.05. The summed E-state index contributed by atoms with van der Waals surface area (Å²) in [6.45, 7) is 0. The monoisotopic (exact) mass is 274 g/mol. The average molecular weight is 275 g/mol. The smallest absolute Gasteiger partial charge is 0.339 e. The molecule has 0 saturated carbocycles. The van der Waals surface area contributed by atoms with Gasteiger partial charge < -0.3 is 14.9 Å². The topological polar surface area (TPSA) is 83.8 Å². The van der Waals surface area contributed by atoms with Crippen molar-refractivity contribution in [2.24, 2.45) is 0 Å². The molecule has 0 amide bonds. The molecule has 6 heteroatoms. The Labute approximate surface area is 93.4 Å². The van der Waals surface area contributed by atoms with Crippen molar-refractivity contribution < 1.29 is 24.5 Å². The van der Waals surface area contributed by atoms with Gasteiger partial charge in [0.15, 0.2) is 0 Å². The first kappa shape index (κ1) is 11.5. The Hall–Kier alpha value is -1.56. The Morgan fingerprint density at radius 3 is 2.47 bits per heavy atom. The molecule has 1 aromatic rings. The number of esters is 1. The zero-order valence-electron chi connectivity index (χ0n) is 7.65. The maximum atomic E-state index is 11.1. The summed E-state index contributed by atoms with van der Waals surface area (Å²) < 4.78 is 4.56. The maximum Gasteiger partial charge on any atom is 0.339 e. The third-order valence-electron chi connectivity index (χ3n) is 1.71. The summed E-state index contributed by atoms with van der Waals surface area (Å²) in [6.07, 6.45) is 0. The number of aromatic hydroxyl groups is 1. The zero-order chi connectivity index (χ0) is 11.6. The Kier molecular flexibility index (Phi) is 3.31. The highest BCUT2D eigenvalue weighted by molar-refractivity contribution is 9.10. The predicted molar refractivity (Wildman–Crippen MR) is 54.1 cm³/mol. The minimum absolute atomic E-state index is 0.0552. The Morgan fingerprint density at radius 1 is 1.40 bits per heavy atom. The van der Waals surface area contributed by atoms with E-state index in [1.165, 1.54) is 13.2 Å². The quantitative estimate of drug-likeness (QED) is 0.801. The minimum atomic E-state index is -1.32. The molecule has 0 fully saturated rings. The molecule has 0 atom stereocenters. The SMILES string of the molecule is COC(=O)c1cc(Br)c(O)c(C(=O)O)c1. The van der Waals surface area contributed by atoms with Crippen molar-refractivity contribution in [2.45, 2.75) is 0 Å². The number of carbonyl (C=O) groups is 2. The van der Waals surface area contributed by atoms with E-state index in [1.54, 1.807) is 0 Å². The molecule has 5 nitrogen and oxygen atoms in total. The number of methoxy groups -OCH3 is 1. The number of rotatable bonds is 2. The van der Waals surface area contributed by atoms with Crippen LogP contribution in [-0.2, 0) is 4.74 Å². The Balaban J connectivity index is 3.35. The van der Waals surface area contributed by atoms with Crippen molar-refractivity contribution >= 4 is 27.9 Å². The van der Waals surface area contributed by atoms with Crippen LogP contribution in [0.1, 0.15) is 20.7 Å². The van der Waals surface area contributed by atoms with Gasteiger partial charge in [0.25, 0.3) is 0 Å². The fourth-order valence-electron chi connectivity index (χ4n) is 0.998. The zero-order valence-corrected chi connectivity index (χ0v) is 9.24. The highest BCUT2D eigenvalue weighted by Gasteiger charge is 2.17. The molecule has 0 aliphatic carbocycles. The number of carboxylic acids is 1. The van der Waals surface area contributed by atoms with Crippen LogP contribution >= 0.6 is 15.9 Å². The molecule has 1 aromatic carbocycles. The van der Waals surface area contributed by atoms with E-state index in [4.69, 9.17) is 5.11 Å². The molecule has 2 N–H and O–H groups in total. The second-order valence-electron chi connectivity index (χ2n) is 2.65. The molecular formula is C9H7BrO5. The van der Waals surface area contributed by atoms with Crippen molar-refractivity contribution in [1.82, 2.24) is 0 Å². The van der Waals surface area contributed by atoms with Crippen LogP contribution in [0.4, 0.5) is 0 Å². The molecule has 80 valence electrons. The Bertz CT molecular complexity index is 427. The van der Waals surface area contributed by atoms with Gasteiger partial charge in [-0.2, -0.15) is 0 Å². The van der Waals surface area contributed by atoms with E-state index in [0.29, 0.717) is 0 Å². The summed E-state index contributed by atoms with van der Waals surface area (Å²) >= 11 is 2.94. The molecule has 0 bridgehead atoms. The third-order valence-corrected chi connectivity index (χ3v) is 2.32.